The van der Waals surface area contributed by atoms with Crippen LogP contribution in [0.3, 0.4) is 0 Å². The summed E-state index contributed by atoms with van der Waals surface area (Å²) in [5.41, 5.74) is 6.68. The number of ether oxygens (including phenoxy) is 2. The van der Waals surface area contributed by atoms with E-state index in [4.69, 9.17) is 15.2 Å². The van der Waals surface area contributed by atoms with Gasteiger partial charge in [-0.15, -0.1) is 0 Å². The molecule has 0 aromatic carbocycles. The van der Waals surface area contributed by atoms with Gasteiger partial charge in [0.05, 0.1) is 13.7 Å². The second kappa shape index (κ2) is 10.4. The third-order valence-corrected chi connectivity index (χ3v) is 5.61. The molecule has 0 bridgehead atoms. The van der Waals surface area contributed by atoms with E-state index in [9.17, 15) is 9.59 Å². The van der Waals surface area contributed by atoms with E-state index >= 15 is 0 Å². The molecule has 30 heavy (non-hydrogen) atoms. The van der Waals surface area contributed by atoms with Crippen molar-refractivity contribution in [2.45, 2.75) is 52.0 Å². The Bertz CT molecular complexity index is 901. The Labute approximate surface area is 175 Å². The number of nitrogens with two attached hydrogens (primary N) is 1. The van der Waals surface area contributed by atoms with Gasteiger partial charge in [0.15, 0.2) is 11.5 Å². The Kier molecular flexibility index (Phi) is 7.67. The smallest absolute Gasteiger partial charge is 0.327 e. The summed E-state index contributed by atoms with van der Waals surface area (Å²) in [6, 6.07) is 0.203. The molecule has 1 fully saturated rings. The van der Waals surface area contributed by atoms with Crippen LogP contribution in [0.15, 0.2) is 4.79 Å². The van der Waals surface area contributed by atoms with Crippen molar-refractivity contribution in [1.82, 2.24) is 24.4 Å². The molecule has 2 aromatic heterocycles. The summed E-state index contributed by atoms with van der Waals surface area (Å²) in [5, 5.41) is 0. The van der Waals surface area contributed by atoms with Gasteiger partial charge in [-0.05, 0) is 51.2 Å². The zero-order valence-electron chi connectivity index (χ0n) is 17.9. The molecule has 0 amide bonds. The lowest BCUT2D eigenvalue weighted by atomic mass is 9.93. The van der Waals surface area contributed by atoms with Gasteiger partial charge in [0.2, 0.25) is 0 Å². The molecule has 0 radical (unpaired) electrons. The highest BCUT2D eigenvalue weighted by atomic mass is 16.5. The van der Waals surface area contributed by atoms with Gasteiger partial charge in [-0.2, -0.15) is 9.97 Å². The number of aryl methyl sites for hydroxylation is 1. The Morgan fingerprint density at radius 3 is 2.70 bits per heavy atom. The van der Waals surface area contributed by atoms with Crippen molar-refractivity contribution in [1.29, 1.82) is 0 Å². The summed E-state index contributed by atoms with van der Waals surface area (Å²) >= 11 is 0. The normalized spacial score (nSPS) is 15.5. The highest BCUT2D eigenvalue weighted by Gasteiger charge is 2.22. The number of imidazole rings is 1. The van der Waals surface area contributed by atoms with Gasteiger partial charge in [0.1, 0.15) is 5.52 Å². The summed E-state index contributed by atoms with van der Waals surface area (Å²) < 4.78 is 11.9. The molecule has 0 aliphatic carbocycles. The molecule has 10 heteroatoms. The van der Waals surface area contributed by atoms with Crippen LogP contribution < -0.4 is 16.2 Å². The van der Waals surface area contributed by atoms with Gasteiger partial charge in [-0.1, -0.05) is 13.3 Å². The summed E-state index contributed by atoms with van der Waals surface area (Å²) in [6.07, 6.45) is 5.20. The largest absolute Gasteiger partial charge is 0.469 e. The van der Waals surface area contributed by atoms with Gasteiger partial charge in [0.25, 0.3) is 0 Å². The number of unbranched alkanes of at least 4 members (excludes halogenated alkanes) is 1. The molecule has 0 spiro atoms. The standard InChI is InChI=1S/C20H32N6O4/c1-3-4-12-30-19-23-17(21)16-18(24-19)26(20(28)22-16)9-5-8-25-10-6-14(7-11-25)13-15(27)29-2/h14H,3-13H2,1-2H3,(H,22,28)(H2,21,23,24). The van der Waals surface area contributed by atoms with E-state index in [0.717, 1.165) is 51.7 Å². The van der Waals surface area contributed by atoms with E-state index in [1.54, 1.807) is 4.57 Å². The number of hydrogen-bond donors (Lipinski definition) is 2. The summed E-state index contributed by atoms with van der Waals surface area (Å²) in [5.74, 6) is 0.484. The van der Waals surface area contributed by atoms with Crippen molar-refractivity contribution < 1.29 is 14.3 Å². The minimum atomic E-state index is -0.242. The van der Waals surface area contributed by atoms with Gasteiger partial charge >= 0.3 is 17.7 Å². The van der Waals surface area contributed by atoms with Crippen LogP contribution in [-0.2, 0) is 16.1 Å². The second-order valence-electron chi connectivity index (χ2n) is 7.79. The average molecular weight is 421 g/mol. The van der Waals surface area contributed by atoms with Crippen molar-refractivity contribution >= 4 is 23.0 Å². The lowest BCUT2D eigenvalue weighted by Gasteiger charge is -2.31. The maximum Gasteiger partial charge on any atom is 0.327 e. The molecule has 10 nitrogen and oxygen atoms in total. The lowest BCUT2D eigenvalue weighted by molar-refractivity contribution is -0.142. The zero-order valence-corrected chi connectivity index (χ0v) is 17.9. The molecule has 0 atom stereocenters. The number of methoxy groups -OCH3 is 1. The molecule has 166 valence electrons. The van der Waals surface area contributed by atoms with Crippen LogP contribution in [0.1, 0.15) is 45.4 Å². The second-order valence-corrected chi connectivity index (χ2v) is 7.79. The number of anilines is 1. The monoisotopic (exact) mass is 420 g/mol. The van der Waals surface area contributed by atoms with Crippen LogP contribution in [0.25, 0.3) is 11.2 Å². The van der Waals surface area contributed by atoms with Gasteiger partial charge < -0.3 is 25.1 Å². The number of nitrogen functional groups attached to an aromatic ring is 1. The average Bonchev–Trinajstić information content (AvgIpc) is 3.05. The van der Waals surface area contributed by atoms with Crippen LogP contribution in [-0.4, -0.2) is 63.7 Å². The van der Waals surface area contributed by atoms with Crippen LogP contribution >= 0.6 is 0 Å². The Balaban J connectivity index is 1.56. The van der Waals surface area contributed by atoms with Crippen molar-refractivity contribution in [3.8, 4) is 6.01 Å². The van der Waals surface area contributed by atoms with Gasteiger partial charge in [-0.3, -0.25) is 9.36 Å². The van der Waals surface area contributed by atoms with Crippen LogP contribution in [0.2, 0.25) is 0 Å². The number of carbonyl (C=O) groups excluding carboxylic acids is 1. The molecule has 2 aromatic rings. The fourth-order valence-corrected chi connectivity index (χ4v) is 3.80. The quantitative estimate of drug-likeness (QED) is 0.438. The lowest BCUT2D eigenvalue weighted by Crippen LogP contribution is -2.35. The third kappa shape index (κ3) is 5.50. The number of nitrogens with one attached hydrogen (secondary N) is 1. The molecular weight excluding hydrogens is 388 g/mol. The summed E-state index contributed by atoms with van der Waals surface area (Å²) in [4.78, 5) is 37.5. The molecule has 0 saturated carbocycles. The van der Waals surface area contributed by atoms with Crippen molar-refractivity contribution in [3.05, 3.63) is 10.5 Å². The molecule has 3 N–H and O–H groups in total. The van der Waals surface area contributed by atoms with E-state index in [1.807, 2.05) is 0 Å². The molecule has 3 heterocycles. The SMILES string of the molecule is CCCCOc1nc(N)c2[nH]c(=O)n(CCCN3CCC(CC(=O)OC)CC3)c2n1. The number of nitrogens with zero attached hydrogens (tertiary/aromatic N) is 4. The fraction of sp³-hybridized carbons (Fsp3) is 0.700. The van der Waals surface area contributed by atoms with E-state index in [0.29, 0.717) is 36.7 Å². The number of esters is 1. The highest BCUT2D eigenvalue weighted by Crippen LogP contribution is 2.21. The molecule has 1 aliphatic rings. The van der Waals surface area contributed by atoms with Gasteiger partial charge in [0, 0.05) is 13.0 Å². The predicted octanol–water partition coefficient (Wildman–Crippen LogP) is 1.55. The summed E-state index contributed by atoms with van der Waals surface area (Å²) in [6.45, 7) is 5.91. The van der Waals surface area contributed by atoms with Crippen molar-refractivity contribution in [2.24, 2.45) is 5.92 Å². The Morgan fingerprint density at radius 1 is 1.23 bits per heavy atom. The predicted molar refractivity (Wildman–Crippen MR) is 113 cm³/mol. The third-order valence-electron chi connectivity index (χ3n) is 5.61. The van der Waals surface area contributed by atoms with E-state index < -0.39 is 0 Å². The molecule has 0 unspecified atom stereocenters. The number of likely N-dealkylation sites (tertiary alicyclic amines) is 1. The Hall–Kier alpha value is -2.62. The minimum Gasteiger partial charge on any atom is -0.469 e. The number of piperidine rings is 1. The van der Waals surface area contributed by atoms with Gasteiger partial charge in [-0.25, -0.2) is 4.79 Å². The maximum atomic E-state index is 12.4. The van der Waals surface area contributed by atoms with Crippen LogP contribution in [0.5, 0.6) is 6.01 Å². The zero-order chi connectivity index (χ0) is 21.5. The van der Waals surface area contributed by atoms with Crippen molar-refractivity contribution in [2.75, 3.05) is 39.1 Å². The van der Waals surface area contributed by atoms with Crippen molar-refractivity contribution in [3.63, 3.8) is 0 Å². The molecule has 1 saturated heterocycles. The fourth-order valence-electron chi connectivity index (χ4n) is 3.80. The number of fused-ring (bicyclic) bond motifs is 1. The van der Waals surface area contributed by atoms with Crippen LogP contribution in [0, 0.1) is 5.92 Å². The Morgan fingerprint density at radius 2 is 2.00 bits per heavy atom. The first-order chi connectivity index (χ1) is 14.5. The molecule has 1 aliphatic heterocycles. The summed E-state index contributed by atoms with van der Waals surface area (Å²) in [7, 11) is 1.43. The van der Waals surface area contributed by atoms with E-state index in [-0.39, 0.29) is 23.5 Å². The van der Waals surface area contributed by atoms with Crippen LogP contribution in [0.4, 0.5) is 5.82 Å². The molecular formula is C20H32N6O4. The number of carbonyl (C=O) groups is 1. The van der Waals surface area contributed by atoms with E-state index in [1.165, 1.54) is 7.11 Å². The molecule has 3 rings (SSSR count). The first kappa shape index (κ1) is 22.1. The number of aromatic nitrogens is 4. The minimum absolute atomic E-state index is 0.133. The maximum absolute atomic E-state index is 12.4. The number of hydrogen-bond acceptors (Lipinski definition) is 8. The van der Waals surface area contributed by atoms with E-state index in [2.05, 4.69) is 26.8 Å². The first-order valence-electron chi connectivity index (χ1n) is 10.7. The number of rotatable bonds is 10. The first-order valence-corrected chi connectivity index (χ1v) is 10.7. The number of H-pyrrole nitrogens is 1. The topological polar surface area (TPSA) is 128 Å². The highest BCUT2D eigenvalue weighted by molar-refractivity contribution is 5.81. The number of aromatic amines is 1.